The predicted octanol–water partition coefficient (Wildman–Crippen LogP) is 4.25. The lowest BCUT2D eigenvalue weighted by molar-refractivity contribution is 0.420. The summed E-state index contributed by atoms with van der Waals surface area (Å²) in [5, 5.41) is 3.32. The Morgan fingerprint density at radius 3 is 3.00 bits per heavy atom. The summed E-state index contributed by atoms with van der Waals surface area (Å²) >= 11 is 9.91. The van der Waals surface area contributed by atoms with Gasteiger partial charge in [0.25, 0.3) is 0 Å². The molecule has 1 nitrogen and oxygen atoms in total. The van der Waals surface area contributed by atoms with Gasteiger partial charge in [-0.2, -0.15) is 0 Å². The Kier molecular flexibility index (Phi) is 3.19. The number of alkyl halides is 1. The largest absolute Gasteiger partial charge is 0.495 e. The highest BCUT2D eigenvalue weighted by Gasteiger charge is 2.10. The topological polar surface area (TPSA) is 9.23 Å². The molecule has 0 spiro atoms. The van der Waals surface area contributed by atoms with Gasteiger partial charge in [0.2, 0.25) is 0 Å². The molecule has 0 aliphatic heterocycles. The molecule has 0 aliphatic carbocycles. The minimum atomic E-state index is 0.528. The van der Waals surface area contributed by atoms with Gasteiger partial charge in [-0.05, 0) is 45.7 Å². The van der Waals surface area contributed by atoms with Gasteiger partial charge in [-0.15, -0.1) is 22.9 Å². The molecule has 0 unspecified atom stereocenters. The maximum absolute atomic E-state index is 5.87. The lowest BCUT2D eigenvalue weighted by atomic mass is 10.2. The number of hydrogen-bond donors (Lipinski definition) is 0. The van der Waals surface area contributed by atoms with Crippen LogP contribution in [-0.4, -0.2) is 7.11 Å². The van der Waals surface area contributed by atoms with Gasteiger partial charge < -0.3 is 4.74 Å². The molecule has 1 aromatic heterocycles. The molecule has 14 heavy (non-hydrogen) atoms. The summed E-state index contributed by atoms with van der Waals surface area (Å²) in [6.45, 7) is 0. The van der Waals surface area contributed by atoms with Crippen molar-refractivity contribution >= 4 is 55.6 Å². The summed E-state index contributed by atoms with van der Waals surface area (Å²) in [7, 11) is 1.69. The molecular formula is C10H8ClIOS. The van der Waals surface area contributed by atoms with Gasteiger partial charge in [0.05, 0.1) is 11.8 Å². The van der Waals surface area contributed by atoms with Crippen LogP contribution in [0.4, 0.5) is 0 Å². The molecule has 4 heteroatoms. The summed E-state index contributed by atoms with van der Waals surface area (Å²) in [6, 6.07) is 4.13. The second kappa shape index (κ2) is 4.24. The van der Waals surface area contributed by atoms with E-state index in [0.717, 1.165) is 11.3 Å². The minimum Gasteiger partial charge on any atom is -0.495 e. The molecular weight excluding hydrogens is 331 g/mol. The Bertz CT molecular complexity index is 466. The standard InChI is InChI=1S/C10H8ClIOS/c1-13-8-4-6(5-11)9(12)7-2-3-14-10(7)8/h2-4H,5H2,1H3. The fourth-order valence-electron chi connectivity index (χ4n) is 1.38. The third-order valence-corrected chi connectivity index (χ3v) is 4.57. The van der Waals surface area contributed by atoms with Crippen molar-refractivity contribution in [3.63, 3.8) is 0 Å². The Morgan fingerprint density at radius 2 is 2.36 bits per heavy atom. The molecule has 0 radical (unpaired) electrons. The van der Waals surface area contributed by atoms with Gasteiger partial charge in [0, 0.05) is 14.8 Å². The van der Waals surface area contributed by atoms with Crippen LogP contribution in [0.15, 0.2) is 17.5 Å². The molecule has 0 saturated heterocycles. The summed E-state index contributed by atoms with van der Waals surface area (Å²) in [6.07, 6.45) is 0. The van der Waals surface area contributed by atoms with Crippen LogP contribution in [0.5, 0.6) is 5.75 Å². The van der Waals surface area contributed by atoms with Crippen molar-refractivity contribution in [3.05, 3.63) is 26.6 Å². The van der Waals surface area contributed by atoms with Crippen molar-refractivity contribution < 1.29 is 4.74 Å². The van der Waals surface area contributed by atoms with Gasteiger partial charge in [-0.25, -0.2) is 0 Å². The lowest BCUT2D eigenvalue weighted by Gasteiger charge is -2.07. The fraction of sp³-hybridized carbons (Fsp3) is 0.200. The first-order chi connectivity index (χ1) is 6.77. The SMILES string of the molecule is COc1cc(CCl)c(I)c2ccsc12. The van der Waals surface area contributed by atoms with Crippen LogP contribution in [0.2, 0.25) is 0 Å². The van der Waals surface area contributed by atoms with Gasteiger partial charge in [0.15, 0.2) is 0 Å². The number of hydrogen-bond acceptors (Lipinski definition) is 2. The second-order valence-electron chi connectivity index (χ2n) is 2.85. The molecule has 0 saturated carbocycles. The van der Waals surface area contributed by atoms with E-state index in [9.17, 15) is 0 Å². The third kappa shape index (κ3) is 1.61. The average Bonchev–Trinajstić information content (AvgIpc) is 2.68. The first-order valence-electron chi connectivity index (χ1n) is 4.06. The zero-order valence-electron chi connectivity index (χ0n) is 7.51. The van der Waals surface area contributed by atoms with Crippen LogP contribution in [-0.2, 0) is 5.88 Å². The zero-order valence-corrected chi connectivity index (χ0v) is 11.2. The van der Waals surface area contributed by atoms with E-state index in [0.29, 0.717) is 5.88 Å². The summed E-state index contributed by atoms with van der Waals surface area (Å²) < 4.78 is 7.76. The van der Waals surface area contributed by atoms with Gasteiger partial charge in [-0.1, -0.05) is 0 Å². The average molecular weight is 339 g/mol. The highest BCUT2D eigenvalue weighted by molar-refractivity contribution is 14.1. The quantitative estimate of drug-likeness (QED) is 0.587. The van der Waals surface area contributed by atoms with E-state index in [1.165, 1.54) is 13.7 Å². The molecule has 0 amide bonds. The van der Waals surface area contributed by atoms with Crippen LogP contribution in [0, 0.1) is 3.57 Å². The van der Waals surface area contributed by atoms with Crippen molar-refractivity contribution in [2.45, 2.75) is 5.88 Å². The number of thiophene rings is 1. The van der Waals surface area contributed by atoms with Crippen molar-refractivity contribution in [2.75, 3.05) is 7.11 Å². The molecule has 1 heterocycles. The van der Waals surface area contributed by atoms with E-state index >= 15 is 0 Å². The highest BCUT2D eigenvalue weighted by Crippen LogP contribution is 2.36. The molecule has 2 aromatic rings. The van der Waals surface area contributed by atoms with Crippen molar-refractivity contribution in [3.8, 4) is 5.75 Å². The van der Waals surface area contributed by atoms with E-state index in [1.54, 1.807) is 18.4 Å². The molecule has 1 aromatic carbocycles. The predicted molar refractivity (Wildman–Crippen MR) is 70.7 cm³/mol. The second-order valence-corrected chi connectivity index (χ2v) is 5.11. The van der Waals surface area contributed by atoms with Crippen LogP contribution >= 0.6 is 45.5 Å². The van der Waals surface area contributed by atoms with Gasteiger partial charge in [0.1, 0.15) is 5.75 Å². The van der Waals surface area contributed by atoms with Crippen molar-refractivity contribution in [1.29, 1.82) is 0 Å². The number of ether oxygens (including phenoxy) is 1. The van der Waals surface area contributed by atoms with Crippen LogP contribution in [0.1, 0.15) is 5.56 Å². The number of fused-ring (bicyclic) bond motifs is 1. The molecule has 0 N–H and O–H groups in total. The Labute approximate surface area is 105 Å². The minimum absolute atomic E-state index is 0.528. The first kappa shape index (κ1) is 10.5. The lowest BCUT2D eigenvalue weighted by Crippen LogP contribution is -1.89. The summed E-state index contributed by atoms with van der Waals surface area (Å²) in [5.74, 6) is 1.45. The Hall–Kier alpha value is -0.000000000000000139. The molecule has 0 fully saturated rings. The van der Waals surface area contributed by atoms with E-state index in [1.807, 2.05) is 6.07 Å². The normalized spacial score (nSPS) is 10.8. The zero-order chi connectivity index (χ0) is 10.1. The summed E-state index contributed by atoms with van der Waals surface area (Å²) in [4.78, 5) is 0. The van der Waals surface area contributed by atoms with Gasteiger partial charge >= 0.3 is 0 Å². The maximum Gasteiger partial charge on any atom is 0.137 e. The fourth-order valence-corrected chi connectivity index (χ4v) is 3.69. The number of benzene rings is 1. The molecule has 74 valence electrons. The number of methoxy groups -OCH3 is 1. The third-order valence-electron chi connectivity index (χ3n) is 2.08. The Balaban J connectivity index is 2.80. The molecule has 0 bridgehead atoms. The van der Waals surface area contributed by atoms with E-state index in [2.05, 4.69) is 34.0 Å². The molecule has 0 atom stereocenters. The van der Waals surface area contributed by atoms with E-state index < -0.39 is 0 Å². The molecule has 2 rings (SSSR count). The molecule has 0 aliphatic rings. The van der Waals surface area contributed by atoms with E-state index in [-0.39, 0.29) is 0 Å². The van der Waals surface area contributed by atoms with Crippen molar-refractivity contribution in [1.82, 2.24) is 0 Å². The highest BCUT2D eigenvalue weighted by atomic mass is 127. The Morgan fingerprint density at radius 1 is 1.57 bits per heavy atom. The first-order valence-corrected chi connectivity index (χ1v) is 6.55. The van der Waals surface area contributed by atoms with E-state index in [4.69, 9.17) is 16.3 Å². The monoisotopic (exact) mass is 338 g/mol. The number of halogens is 2. The van der Waals surface area contributed by atoms with Crippen molar-refractivity contribution in [2.24, 2.45) is 0 Å². The number of rotatable bonds is 2. The maximum atomic E-state index is 5.87. The summed E-state index contributed by atoms with van der Waals surface area (Å²) in [5.41, 5.74) is 1.13. The van der Waals surface area contributed by atoms with Crippen LogP contribution in [0.3, 0.4) is 0 Å². The van der Waals surface area contributed by atoms with Crippen LogP contribution in [0.25, 0.3) is 10.1 Å². The van der Waals surface area contributed by atoms with Gasteiger partial charge in [-0.3, -0.25) is 0 Å². The van der Waals surface area contributed by atoms with Crippen LogP contribution < -0.4 is 4.74 Å². The smallest absolute Gasteiger partial charge is 0.137 e.